The zero-order chi connectivity index (χ0) is 20.8. The lowest BCUT2D eigenvalue weighted by Gasteiger charge is -2.22. The Hall–Kier alpha value is -2.70. The van der Waals surface area contributed by atoms with Gasteiger partial charge in [0.05, 0.1) is 0 Å². The minimum absolute atomic E-state index is 0.0769. The molecule has 0 saturated carbocycles. The van der Waals surface area contributed by atoms with Crippen LogP contribution in [0.15, 0.2) is 82.8 Å². The fraction of sp³-hybridized carbons (Fsp3) is 0.250. The van der Waals surface area contributed by atoms with E-state index in [4.69, 9.17) is 0 Å². The van der Waals surface area contributed by atoms with E-state index in [0.29, 0.717) is 12.1 Å². The van der Waals surface area contributed by atoms with Gasteiger partial charge in [-0.1, -0.05) is 30.0 Å². The summed E-state index contributed by atoms with van der Waals surface area (Å²) in [5.74, 6) is -0.135. The van der Waals surface area contributed by atoms with Gasteiger partial charge in [-0.05, 0) is 60.5 Å². The van der Waals surface area contributed by atoms with Crippen LogP contribution in [0.4, 0.5) is 4.39 Å². The third-order valence-electron chi connectivity index (χ3n) is 5.16. The lowest BCUT2D eigenvalue weighted by atomic mass is 10.2. The molecule has 6 heteroatoms. The Bertz CT molecular complexity index is 964. The Morgan fingerprint density at radius 2 is 1.73 bits per heavy atom. The average molecular weight is 422 g/mol. The van der Waals surface area contributed by atoms with Gasteiger partial charge in [0.2, 0.25) is 0 Å². The molecule has 1 amide bonds. The Morgan fingerprint density at radius 1 is 0.933 bits per heavy atom. The normalized spacial score (nSPS) is 15.0. The van der Waals surface area contributed by atoms with Crippen LogP contribution in [0.3, 0.4) is 0 Å². The molecule has 2 aromatic carbocycles. The third-order valence-corrected chi connectivity index (χ3v) is 6.12. The summed E-state index contributed by atoms with van der Waals surface area (Å²) in [4.78, 5) is 22.6. The van der Waals surface area contributed by atoms with Crippen LogP contribution in [-0.2, 0) is 6.54 Å². The van der Waals surface area contributed by atoms with Crippen molar-refractivity contribution < 1.29 is 9.18 Å². The summed E-state index contributed by atoms with van der Waals surface area (Å²) in [6.45, 7) is 3.98. The van der Waals surface area contributed by atoms with E-state index >= 15 is 0 Å². The molecule has 1 aliphatic heterocycles. The van der Waals surface area contributed by atoms with Crippen LogP contribution in [-0.4, -0.2) is 46.9 Å². The molecule has 3 aromatic rings. The molecule has 1 fully saturated rings. The Morgan fingerprint density at radius 3 is 2.47 bits per heavy atom. The molecule has 1 saturated heterocycles. The molecule has 0 aliphatic carbocycles. The average Bonchev–Trinajstić information content (AvgIpc) is 3.02. The molecule has 2 heterocycles. The summed E-state index contributed by atoms with van der Waals surface area (Å²) >= 11 is 1.58. The van der Waals surface area contributed by atoms with Gasteiger partial charge < -0.3 is 4.90 Å². The number of amides is 1. The second-order valence-electron chi connectivity index (χ2n) is 7.34. The van der Waals surface area contributed by atoms with E-state index in [1.54, 1.807) is 18.0 Å². The van der Waals surface area contributed by atoms with Crippen molar-refractivity contribution in [3.8, 4) is 0 Å². The number of carbonyl (C=O) groups is 1. The SMILES string of the molecule is O=C(c1ccc(Sc2ccccn2)cc1)N1CCCN(Cc2ccc(F)cc2)CC1. The summed E-state index contributed by atoms with van der Waals surface area (Å²) in [5, 5.41) is 0.936. The summed E-state index contributed by atoms with van der Waals surface area (Å²) in [6, 6.07) is 20.2. The van der Waals surface area contributed by atoms with Crippen molar-refractivity contribution >= 4 is 17.7 Å². The highest BCUT2D eigenvalue weighted by molar-refractivity contribution is 7.99. The molecule has 0 atom stereocenters. The molecule has 0 bridgehead atoms. The van der Waals surface area contributed by atoms with Crippen molar-refractivity contribution in [3.63, 3.8) is 0 Å². The van der Waals surface area contributed by atoms with Gasteiger partial charge >= 0.3 is 0 Å². The second kappa shape index (κ2) is 9.87. The quantitative estimate of drug-likeness (QED) is 0.597. The third kappa shape index (κ3) is 5.46. The van der Waals surface area contributed by atoms with Crippen LogP contribution in [0, 0.1) is 5.82 Å². The van der Waals surface area contributed by atoms with Crippen LogP contribution in [0.2, 0.25) is 0 Å². The molecular weight excluding hydrogens is 397 g/mol. The summed E-state index contributed by atoms with van der Waals surface area (Å²) in [5.41, 5.74) is 1.81. The van der Waals surface area contributed by atoms with Crippen LogP contribution in [0.5, 0.6) is 0 Å². The lowest BCUT2D eigenvalue weighted by molar-refractivity contribution is 0.0761. The van der Waals surface area contributed by atoms with Crippen molar-refractivity contribution in [2.75, 3.05) is 26.2 Å². The molecule has 0 spiro atoms. The summed E-state index contributed by atoms with van der Waals surface area (Å²) < 4.78 is 13.1. The van der Waals surface area contributed by atoms with Gasteiger partial charge in [0.25, 0.3) is 5.91 Å². The molecule has 0 radical (unpaired) electrons. The molecule has 0 N–H and O–H groups in total. The van der Waals surface area contributed by atoms with Crippen LogP contribution in [0.25, 0.3) is 0 Å². The molecule has 154 valence electrons. The number of pyridine rings is 1. The standard InChI is InChI=1S/C24H24FN3OS/c25-21-9-5-19(6-10-21)18-27-14-3-15-28(17-16-27)24(29)20-7-11-22(12-8-20)30-23-4-1-2-13-26-23/h1-2,4-13H,3,14-18H2. The largest absolute Gasteiger partial charge is 0.337 e. The molecule has 1 aromatic heterocycles. The monoisotopic (exact) mass is 421 g/mol. The van der Waals surface area contributed by atoms with Crippen molar-refractivity contribution in [3.05, 3.63) is 89.9 Å². The number of rotatable bonds is 5. The van der Waals surface area contributed by atoms with E-state index < -0.39 is 0 Å². The maximum absolute atomic E-state index is 13.1. The molecule has 0 unspecified atom stereocenters. The number of aromatic nitrogens is 1. The van der Waals surface area contributed by atoms with Crippen molar-refractivity contribution in [1.29, 1.82) is 0 Å². The number of hydrogen-bond acceptors (Lipinski definition) is 4. The highest BCUT2D eigenvalue weighted by atomic mass is 32.2. The van der Waals surface area contributed by atoms with Gasteiger partial charge in [-0.3, -0.25) is 9.69 Å². The minimum Gasteiger partial charge on any atom is -0.337 e. The number of hydrogen-bond donors (Lipinski definition) is 0. The predicted molar refractivity (Wildman–Crippen MR) is 117 cm³/mol. The number of benzene rings is 2. The first-order valence-electron chi connectivity index (χ1n) is 10.1. The van der Waals surface area contributed by atoms with Crippen molar-refractivity contribution in [2.24, 2.45) is 0 Å². The summed E-state index contributed by atoms with van der Waals surface area (Å²) in [6.07, 6.45) is 2.71. The van der Waals surface area contributed by atoms with Gasteiger partial charge in [0.15, 0.2) is 0 Å². The van der Waals surface area contributed by atoms with Crippen LogP contribution in [0.1, 0.15) is 22.3 Å². The van der Waals surface area contributed by atoms with Gasteiger partial charge in [-0.15, -0.1) is 0 Å². The van der Waals surface area contributed by atoms with Crippen molar-refractivity contribution in [2.45, 2.75) is 22.9 Å². The first-order chi connectivity index (χ1) is 14.7. The van der Waals surface area contributed by atoms with Crippen LogP contribution < -0.4 is 0 Å². The smallest absolute Gasteiger partial charge is 0.253 e. The number of nitrogens with zero attached hydrogens (tertiary/aromatic N) is 3. The van der Waals surface area contributed by atoms with E-state index in [0.717, 1.165) is 48.1 Å². The second-order valence-corrected chi connectivity index (χ2v) is 8.44. The minimum atomic E-state index is -0.212. The highest BCUT2D eigenvalue weighted by Gasteiger charge is 2.20. The molecule has 1 aliphatic rings. The van der Waals surface area contributed by atoms with E-state index in [1.807, 2.05) is 59.5 Å². The fourth-order valence-electron chi connectivity index (χ4n) is 3.56. The topological polar surface area (TPSA) is 36.4 Å². The zero-order valence-corrected chi connectivity index (χ0v) is 17.5. The van der Waals surface area contributed by atoms with Gasteiger partial charge in [-0.25, -0.2) is 9.37 Å². The van der Waals surface area contributed by atoms with Gasteiger partial charge in [0, 0.05) is 49.4 Å². The predicted octanol–water partition coefficient (Wildman–Crippen LogP) is 4.72. The Balaban J connectivity index is 1.33. The van der Waals surface area contributed by atoms with Crippen LogP contribution >= 0.6 is 11.8 Å². The number of halogens is 1. The Kier molecular flexibility index (Phi) is 6.77. The first kappa shape index (κ1) is 20.6. The molecular formula is C24H24FN3OS. The molecule has 30 heavy (non-hydrogen) atoms. The maximum atomic E-state index is 13.1. The zero-order valence-electron chi connectivity index (χ0n) is 16.7. The van der Waals surface area contributed by atoms with Gasteiger partial charge in [0.1, 0.15) is 10.8 Å². The van der Waals surface area contributed by atoms with E-state index in [1.165, 1.54) is 12.1 Å². The molecule has 4 rings (SSSR count). The van der Waals surface area contributed by atoms with E-state index in [9.17, 15) is 9.18 Å². The maximum Gasteiger partial charge on any atom is 0.253 e. The fourth-order valence-corrected chi connectivity index (χ4v) is 4.33. The van der Waals surface area contributed by atoms with E-state index in [-0.39, 0.29) is 11.7 Å². The Labute approximate surface area is 180 Å². The first-order valence-corrected chi connectivity index (χ1v) is 10.9. The van der Waals surface area contributed by atoms with Crippen molar-refractivity contribution in [1.82, 2.24) is 14.8 Å². The molecule has 4 nitrogen and oxygen atoms in total. The highest BCUT2D eigenvalue weighted by Crippen LogP contribution is 2.26. The summed E-state index contributed by atoms with van der Waals surface area (Å²) in [7, 11) is 0. The number of carbonyl (C=O) groups excluding carboxylic acids is 1. The lowest BCUT2D eigenvalue weighted by Crippen LogP contribution is -2.35. The van der Waals surface area contributed by atoms with E-state index in [2.05, 4.69) is 9.88 Å². The van der Waals surface area contributed by atoms with Gasteiger partial charge in [-0.2, -0.15) is 0 Å².